The van der Waals surface area contributed by atoms with E-state index >= 15 is 0 Å². The molecule has 0 aromatic carbocycles. The summed E-state index contributed by atoms with van der Waals surface area (Å²) in [5.41, 5.74) is -0.749. The van der Waals surface area contributed by atoms with E-state index in [-0.39, 0.29) is 12.1 Å². The highest BCUT2D eigenvalue weighted by Gasteiger charge is 2.34. The fourth-order valence-corrected chi connectivity index (χ4v) is 1.87. The number of aliphatic hydroxyl groups is 2. The lowest BCUT2D eigenvalue weighted by molar-refractivity contribution is 0.0324. The third kappa shape index (κ3) is 5.82. The van der Waals surface area contributed by atoms with Crippen LogP contribution in [0.1, 0.15) is 47.5 Å². The van der Waals surface area contributed by atoms with Gasteiger partial charge in [0.2, 0.25) is 0 Å². The molecule has 0 saturated carbocycles. The van der Waals surface area contributed by atoms with Crippen molar-refractivity contribution < 1.29 is 10.2 Å². The summed E-state index contributed by atoms with van der Waals surface area (Å²) in [6.07, 6.45) is 1.08. The van der Waals surface area contributed by atoms with Crippen molar-refractivity contribution in [1.82, 2.24) is 10.6 Å². The van der Waals surface area contributed by atoms with Gasteiger partial charge in [0, 0.05) is 11.1 Å². The van der Waals surface area contributed by atoms with Gasteiger partial charge in [0.05, 0.1) is 12.7 Å². The average molecular weight is 246 g/mol. The molecule has 0 aromatic rings. The highest BCUT2D eigenvalue weighted by molar-refractivity contribution is 4.93. The topological polar surface area (TPSA) is 64.5 Å². The second-order valence-corrected chi connectivity index (χ2v) is 5.62. The number of likely N-dealkylation sites (N-methyl/N-ethyl adjacent to an activating group) is 1. The molecular weight excluding hydrogens is 216 g/mol. The van der Waals surface area contributed by atoms with Gasteiger partial charge < -0.3 is 20.8 Å². The Bertz CT molecular complexity index is 210. The van der Waals surface area contributed by atoms with E-state index in [9.17, 15) is 10.2 Å². The molecule has 0 heterocycles. The van der Waals surface area contributed by atoms with Crippen LogP contribution in [-0.4, -0.2) is 47.1 Å². The van der Waals surface area contributed by atoms with Gasteiger partial charge >= 0.3 is 0 Å². The molecule has 0 saturated heterocycles. The third-order valence-electron chi connectivity index (χ3n) is 3.26. The molecule has 0 aromatic heterocycles. The Kier molecular flexibility index (Phi) is 7.24. The van der Waals surface area contributed by atoms with Crippen molar-refractivity contribution in [1.29, 1.82) is 0 Å². The van der Waals surface area contributed by atoms with Gasteiger partial charge in [0.25, 0.3) is 0 Å². The van der Waals surface area contributed by atoms with E-state index in [1.807, 2.05) is 27.7 Å². The molecule has 0 aliphatic heterocycles. The van der Waals surface area contributed by atoms with Gasteiger partial charge in [-0.3, -0.25) is 0 Å². The van der Waals surface area contributed by atoms with E-state index in [1.165, 1.54) is 0 Å². The van der Waals surface area contributed by atoms with E-state index in [0.717, 1.165) is 19.5 Å². The van der Waals surface area contributed by atoms with Crippen LogP contribution in [0.3, 0.4) is 0 Å². The van der Waals surface area contributed by atoms with Crippen LogP contribution in [0.25, 0.3) is 0 Å². The molecule has 104 valence electrons. The van der Waals surface area contributed by atoms with E-state index < -0.39 is 11.6 Å². The molecule has 0 aliphatic rings. The zero-order chi connectivity index (χ0) is 13.5. The van der Waals surface area contributed by atoms with Crippen LogP contribution in [-0.2, 0) is 0 Å². The number of nitrogens with one attached hydrogen (secondary N) is 2. The Balaban J connectivity index is 4.43. The fourth-order valence-electron chi connectivity index (χ4n) is 1.87. The van der Waals surface area contributed by atoms with Crippen molar-refractivity contribution >= 4 is 0 Å². The van der Waals surface area contributed by atoms with Gasteiger partial charge in [-0.15, -0.1) is 0 Å². The standard InChI is InChI=1S/C13H30N2O2/c1-6-8-15-12(3,4)11(17)9-13(5,10-16)14-7-2/h11,14-17H,6-10H2,1-5H3. The first-order valence-electron chi connectivity index (χ1n) is 6.60. The molecule has 4 N–H and O–H groups in total. The SMILES string of the molecule is CCCNC(C)(C)C(O)CC(C)(CO)NCC. The van der Waals surface area contributed by atoms with Crippen molar-refractivity contribution in [2.75, 3.05) is 19.7 Å². The van der Waals surface area contributed by atoms with Crippen LogP contribution < -0.4 is 10.6 Å². The summed E-state index contributed by atoms with van der Waals surface area (Å²) in [4.78, 5) is 0. The van der Waals surface area contributed by atoms with Crippen molar-refractivity contribution in [3.8, 4) is 0 Å². The highest BCUT2D eigenvalue weighted by atomic mass is 16.3. The molecular formula is C13H30N2O2. The average Bonchev–Trinajstić information content (AvgIpc) is 2.26. The van der Waals surface area contributed by atoms with Crippen molar-refractivity contribution in [2.45, 2.75) is 64.6 Å². The van der Waals surface area contributed by atoms with Crippen LogP contribution in [0.5, 0.6) is 0 Å². The summed E-state index contributed by atoms with van der Waals surface area (Å²) >= 11 is 0. The van der Waals surface area contributed by atoms with Crippen molar-refractivity contribution in [3.63, 3.8) is 0 Å². The van der Waals surface area contributed by atoms with Gasteiger partial charge in [-0.05, 0) is 46.7 Å². The Morgan fingerprint density at radius 3 is 2.12 bits per heavy atom. The van der Waals surface area contributed by atoms with Crippen molar-refractivity contribution in [3.05, 3.63) is 0 Å². The van der Waals surface area contributed by atoms with Gasteiger partial charge in [-0.2, -0.15) is 0 Å². The van der Waals surface area contributed by atoms with Gasteiger partial charge in [0.1, 0.15) is 0 Å². The predicted molar refractivity (Wildman–Crippen MR) is 72.2 cm³/mol. The summed E-state index contributed by atoms with van der Waals surface area (Å²) in [7, 11) is 0. The monoisotopic (exact) mass is 246 g/mol. The summed E-state index contributed by atoms with van der Waals surface area (Å²) in [5, 5.41) is 26.3. The number of hydrogen-bond acceptors (Lipinski definition) is 4. The van der Waals surface area contributed by atoms with Crippen molar-refractivity contribution in [2.24, 2.45) is 0 Å². The van der Waals surface area contributed by atoms with Crippen LogP contribution in [0.4, 0.5) is 0 Å². The van der Waals surface area contributed by atoms with Gasteiger partial charge in [-0.1, -0.05) is 13.8 Å². The number of rotatable bonds is 9. The Hall–Kier alpha value is -0.160. The maximum Gasteiger partial charge on any atom is 0.0734 e. The summed E-state index contributed by atoms with van der Waals surface area (Å²) in [6, 6.07) is 0. The molecule has 4 nitrogen and oxygen atoms in total. The number of hydrogen-bond donors (Lipinski definition) is 4. The largest absolute Gasteiger partial charge is 0.394 e. The van der Waals surface area contributed by atoms with E-state index in [0.29, 0.717) is 6.42 Å². The zero-order valence-corrected chi connectivity index (χ0v) is 12.0. The minimum absolute atomic E-state index is 0.0295. The molecule has 2 atom stereocenters. The second kappa shape index (κ2) is 7.31. The Morgan fingerprint density at radius 2 is 1.71 bits per heavy atom. The lowest BCUT2D eigenvalue weighted by Crippen LogP contribution is -2.56. The Morgan fingerprint density at radius 1 is 1.12 bits per heavy atom. The van der Waals surface area contributed by atoms with Crippen LogP contribution in [0.2, 0.25) is 0 Å². The summed E-state index contributed by atoms with van der Waals surface area (Å²) in [6.45, 7) is 11.7. The summed E-state index contributed by atoms with van der Waals surface area (Å²) < 4.78 is 0. The molecule has 0 rings (SSSR count). The minimum Gasteiger partial charge on any atom is -0.394 e. The van der Waals surface area contributed by atoms with Gasteiger partial charge in [-0.25, -0.2) is 0 Å². The zero-order valence-electron chi connectivity index (χ0n) is 12.0. The fraction of sp³-hybridized carbons (Fsp3) is 1.00. The third-order valence-corrected chi connectivity index (χ3v) is 3.26. The molecule has 4 heteroatoms. The second-order valence-electron chi connectivity index (χ2n) is 5.62. The lowest BCUT2D eigenvalue weighted by atomic mass is 9.85. The number of aliphatic hydroxyl groups excluding tert-OH is 2. The maximum absolute atomic E-state index is 10.3. The van der Waals surface area contributed by atoms with Crippen LogP contribution in [0.15, 0.2) is 0 Å². The van der Waals surface area contributed by atoms with E-state index in [4.69, 9.17) is 0 Å². The first-order valence-corrected chi connectivity index (χ1v) is 6.60. The van der Waals surface area contributed by atoms with E-state index in [1.54, 1.807) is 0 Å². The normalized spacial score (nSPS) is 17.8. The quantitative estimate of drug-likeness (QED) is 0.487. The lowest BCUT2D eigenvalue weighted by Gasteiger charge is -2.38. The maximum atomic E-state index is 10.3. The van der Waals surface area contributed by atoms with Gasteiger partial charge in [0.15, 0.2) is 0 Å². The molecule has 17 heavy (non-hydrogen) atoms. The minimum atomic E-state index is -0.495. The molecule has 0 amide bonds. The molecule has 0 bridgehead atoms. The van der Waals surface area contributed by atoms with Crippen LogP contribution in [0, 0.1) is 0 Å². The highest BCUT2D eigenvalue weighted by Crippen LogP contribution is 2.20. The molecule has 0 aliphatic carbocycles. The molecule has 2 unspecified atom stereocenters. The summed E-state index contributed by atoms with van der Waals surface area (Å²) in [5.74, 6) is 0. The molecule has 0 fully saturated rings. The Labute approximate surface area is 106 Å². The predicted octanol–water partition coefficient (Wildman–Crippen LogP) is 0.876. The van der Waals surface area contributed by atoms with Crippen LogP contribution >= 0.6 is 0 Å². The van der Waals surface area contributed by atoms with E-state index in [2.05, 4.69) is 17.6 Å². The first kappa shape index (κ1) is 16.8. The smallest absolute Gasteiger partial charge is 0.0734 e. The first-order chi connectivity index (χ1) is 7.81. The molecule has 0 spiro atoms. The molecule has 0 radical (unpaired) electrons.